The van der Waals surface area contributed by atoms with E-state index in [9.17, 15) is 4.79 Å². The lowest BCUT2D eigenvalue weighted by molar-refractivity contribution is 0.0670. The maximum atomic E-state index is 13.1. The maximum Gasteiger partial charge on any atom is 0.257 e. The minimum absolute atomic E-state index is 0.115. The van der Waals surface area contributed by atoms with Crippen molar-refractivity contribution in [3.05, 3.63) is 33.9 Å². The van der Waals surface area contributed by atoms with E-state index in [4.69, 9.17) is 27.9 Å². The normalized spacial score (nSPS) is 19.0. The zero-order valence-electron chi connectivity index (χ0n) is 16.7. The van der Waals surface area contributed by atoms with Crippen LogP contribution in [0.5, 0.6) is 5.75 Å². The summed E-state index contributed by atoms with van der Waals surface area (Å²) in [6.45, 7) is 5.35. The molecule has 29 heavy (non-hydrogen) atoms. The Kier molecular flexibility index (Phi) is 6.66. The number of methoxy groups -OCH3 is 1. The highest BCUT2D eigenvalue weighted by Gasteiger charge is 2.28. The summed E-state index contributed by atoms with van der Waals surface area (Å²) in [6.07, 6.45) is 1.48. The molecule has 2 heterocycles. The van der Waals surface area contributed by atoms with E-state index in [1.54, 1.807) is 19.2 Å². The highest BCUT2D eigenvalue weighted by Crippen LogP contribution is 2.33. The molecular weight excluding hydrogens is 415 g/mol. The van der Waals surface area contributed by atoms with E-state index in [0.717, 1.165) is 0 Å². The van der Waals surface area contributed by atoms with Gasteiger partial charge in [0.1, 0.15) is 16.6 Å². The highest BCUT2D eigenvalue weighted by atomic mass is 35.5. The SMILES string of the molecule is CNc1nc(Nc2cc(OC)c(C(=O)N3C[C@@H](C)N[C@@H](C)C3)cc2Cl)ncc1Cl. The molecule has 3 rings (SSSR count). The van der Waals surface area contributed by atoms with Crippen LogP contribution in [0.1, 0.15) is 24.2 Å². The van der Waals surface area contributed by atoms with Crippen molar-refractivity contribution in [1.29, 1.82) is 0 Å². The lowest BCUT2D eigenvalue weighted by Crippen LogP contribution is -2.55. The first-order valence-electron chi connectivity index (χ1n) is 9.22. The molecule has 1 aliphatic heterocycles. The van der Waals surface area contributed by atoms with Crippen LogP contribution >= 0.6 is 23.2 Å². The Morgan fingerprint density at radius 2 is 1.93 bits per heavy atom. The molecule has 0 aliphatic carbocycles. The Balaban J connectivity index is 1.88. The van der Waals surface area contributed by atoms with Gasteiger partial charge in [-0.3, -0.25) is 4.79 Å². The summed E-state index contributed by atoms with van der Waals surface area (Å²) in [7, 11) is 3.23. The number of rotatable bonds is 5. The summed E-state index contributed by atoms with van der Waals surface area (Å²) in [5.41, 5.74) is 0.934. The molecule has 1 fully saturated rings. The van der Waals surface area contributed by atoms with Gasteiger partial charge in [-0.25, -0.2) is 4.98 Å². The quantitative estimate of drug-likeness (QED) is 0.658. The number of piperazine rings is 1. The molecule has 2 aromatic rings. The predicted molar refractivity (Wildman–Crippen MR) is 116 cm³/mol. The van der Waals surface area contributed by atoms with Crippen LogP contribution in [0.15, 0.2) is 18.3 Å². The van der Waals surface area contributed by atoms with Crippen LogP contribution in [-0.2, 0) is 0 Å². The lowest BCUT2D eigenvalue weighted by atomic mass is 10.1. The van der Waals surface area contributed by atoms with Gasteiger partial charge < -0.3 is 25.6 Å². The molecule has 0 saturated carbocycles. The van der Waals surface area contributed by atoms with Gasteiger partial charge in [0.2, 0.25) is 5.95 Å². The third-order valence-electron chi connectivity index (χ3n) is 4.59. The first kappa shape index (κ1) is 21.4. The average molecular weight is 439 g/mol. The topological polar surface area (TPSA) is 91.4 Å². The Morgan fingerprint density at radius 3 is 2.55 bits per heavy atom. The highest BCUT2D eigenvalue weighted by molar-refractivity contribution is 6.34. The van der Waals surface area contributed by atoms with Crippen LogP contribution in [0.2, 0.25) is 10.0 Å². The fraction of sp³-hybridized carbons (Fsp3) is 0.421. The maximum absolute atomic E-state index is 13.1. The Labute approximate surface area is 179 Å². The first-order chi connectivity index (χ1) is 13.8. The van der Waals surface area contributed by atoms with Crippen LogP contribution < -0.4 is 20.7 Å². The number of hydrogen-bond donors (Lipinski definition) is 3. The molecule has 8 nitrogen and oxygen atoms in total. The molecule has 1 aromatic heterocycles. The number of amides is 1. The molecule has 1 aliphatic rings. The number of aromatic nitrogens is 2. The standard InChI is InChI=1S/C19H24Cl2N6O2/c1-10-8-27(9-11(2)24-10)18(28)12-5-13(20)15(6-16(12)29-4)25-19-23-7-14(21)17(22-3)26-19/h5-7,10-11,24H,8-9H2,1-4H3,(H2,22,23,25,26)/t10-,11+. The summed E-state index contributed by atoms with van der Waals surface area (Å²) in [6, 6.07) is 3.71. The molecule has 0 bridgehead atoms. The largest absolute Gasteiger partial charge is 0.496 e. The van der Waals surface area contributed by atoms with E-state index in [1.807, 2.05) is 4.90 Å². The number of nitrogens with one attached hydrogen (secondary N) is 3. The van der Waals surface area contributed by atoms with Crippen LogP contribution in [0.4, 0.5) is 17.5 Å². The molecule has 156 valence electrons. The second-order valence-electron chi connectivity index (χ2n) is 6.98. The minimum Gasteiger partial charge on any atom is -0.496 e. The van der Waals surface area contributed by atoms with Crippen LogP contribution in [0.3, 0.4) is 0 Å². The summed E-state index contributed by atoms with van der Waals surface area (Å²) in [5, 5.41) is 10.1. The van der Waals surface area contributed by atoms with Crippen molar-refractivity contribution in [2.75, 3.05) is 37.9 Å². The van der Waals surface area contributed by atoms with Crippen molar-refractivity contribution in [2.45, 2.75) is 25.9 Å². The smallest absolute Gasteiger partial charge is 0.257 e. The Hall–Kier alpha value is -2.29. The molecule has 0 spiro atoms. The van der Waals surface area contributed by atoms with E-state index in [1.165, 1.54) is 13.3 Å². The number of anilines is 3. The van der Waals surface area contributed by atoms with Crippen molar-refractivity contribution >= 4 is 46.6 Å². The van der Waals surface area contributed by atoms with Gasteiger partial charge in [0.05, 0.1) is 29.6 Å². The van der Waals surface area contributed by atoms with Gasteiger partial charge in [0, 0.05) is 38.3 Å². The van der Waals surface area contributed by atoms with Crippen LogP contribution in [0, 0.1) is 0 Å². The fourth-order valence-electron chi connectivity index (χ4n) is 3.37. The molecule has 0 unspecified atom stereocenters. The van der Waals surface area contributed by atoms with Crippen molar-refractivity contribution in [1.82, 2.24) is 20.2 Å². The molecule has 2 atom stereocenters. The zero-order chi connectivity index (χ0) is 21.1. The van der Waals surface area contributed by atoms with Gasteiger partial charge in [0.25, 0.3) is 5.91 Å². The number of ether oxygens (including phenoxy) is 1. The Morgan fingerprint density at radius 1 is 1.24 bits per heavy atom. The van der Waals surface area contributed by atoms with E-state index in [2.05, 4.69) is 39.8 Å². The average Bonchev–Trinajstić information content (AvgIpc) is 2.69. The number of nitrogens with zero attached hydrogens (tertiary/aromatic N) is 3. The zero-order valence-corrected chi connectivity index (χ0v) is 18.2. The lowest BCUT2D eigenvalue weighted by Gasteiger charge is -2.36. The van der Waals surface area contributed by atoms with E-state index in [-0.39, 0.29) is 18.0 Å². The first-order valence-corrected chi connectivity index (χ1v) is 9.98. The van der Waals surface area contributed by atoms with E-state index < -0.39 is 0 Å². The van der Waals surface area contributed by atoms with E-state index >= 15 is 0 Å². The fourth-order valence-corrected chi connectivity index (χ4v) is 3.77. The van der Waals surface area contributed by atoms with Crippen molar-refractivity contribution in [3.8, 4) is 5.75 Å². The predicted octanol–water partition coefficient (Wildman–Crippen LogP) is 3.40. The molecular formula is C19H24Cl2N6O2. The molecule has 1 aromatic carbocycles. The van der Waals surface area contributed by atoms with Crippen LogP contribution in [-0.4, -0.2) is 60.1 Å². The number of carbonyl (C=O) groups is 1. The van der Waals surface area contributed by atoms with Crippen LogP contribution in [0.25, 0.3) is 0 Å². The molecule has 10 heteroatoms. The minimum atomic E-state index is -0.115. The van der Waals surface area contributed by atoms with Crippen molar-refractivity contribution < 1.29 is 9.53 Å². The molecule has 1 saturated heterocycles. The number of halogens is 2. The summed E-state index contributed by atoms with van der Waals surface area (Å²) < 4.78 is 5.47. The van der Waals surface area contributed by atoms with Gasteiger partial charge in [-0.1, -0.05) is 23.2 Å². The van der Waals surface area contributed by atoms with Crippen molar-refractivity contribution in [2.24, 2.45) is 0 Å². The number of carbonyl (C=O) groups excluding carboxylic acids is 1. The monoisotopic (exact) mass is 438 g/mol. The molecule has 0 radical (unpaired) electrons. The third-order valence-corrected chi connectivity index (χ3v) is 5.18. The van der Waals surface area contributed by atoms with Gasteiger partial charge in [-0.15, -0.1) is 0 Å². The summed E-state index contributed by atoms with van der Waals surface area (Å²) in [5.74, 6) is 1.10. The van der Waals surface area contributed by atoms with E-state index in [0.29, 0.717) is 51.9 Å². The number of hydrogen-bond acceptors (Lipinski definition) is 7. The van der Waals surface area contributed by atoms with Gasteiger partial charge in [-0.2, -0.15) is 4.98 Å². The van der Waals surface area contributed by atoms with Gasteiger partial charge in [0.15, 0.2) is 0 Å². The van der Waals surface area contributed by atoms with Gasteiger partial charge in [-0.05, 0) is 19.9 Å². The molecule has 3 N–H and O–H groups in total. The van der Waals surface area contributed by atoms with Crippen molar-refractivity contribution in [3.63, 3.8) is 0 Å². The Bertz CT molecular complexity index is 901. The number of benzene rings is 1. The second kappa shape index (κ2) is 9.02. The second-order valence-corrected chi connectivity index (χ2v) is 7.79. The summed E-state index contributed by atoms with van der Waals surface area (Å²) in [4.78, 5) is 23.4. The van der Waals surface area contributed by atoms with Gasteiger partial charge >= 0.3 is 0 Å². The molecule has 1 amide bonds. The third kappa shape index (κ3) is 4.83. The summed E-state index contributed by atoms with van der Waals surface area (Å²) >= 11 is 12.5.